The third kappa shape index (κ3) is 2.89. The first-order chi connectivity index (χ1) is 7.31. The molecule has 3 atom stereocenters. The monoisotopic (exact) mass is 229 g/mol. The lowest BCUT2D eigenvalue weighted by Gasteiger charge is -2.27. The molecule has 88 valence electrons. The molecule has 3 heteroatoms. The standard InChI is InChI=1S/C12H23NOS/c1-9-11(13-2)3-4-12(9)15-10-5-7-14-8-6-10/h9-13H,3-8H2,1-2H3. The van der Waals surface area contributed by atoms with Crippen LogP contribution in [0.5, 0.6) is 0 Å². The third-order valence-electron chi connectivity index (χ3n) is 3.89. The fourth-order valence-corrected chi connectivity index (χ4v) is 4.46. The normalized spacial score (nSPS) is 38.4. The van der Waals surface area contributed by atoms with Crippen LogP contribution in [0.4, 0.5) is 0 Å². The Balaban J connectivity index is 1.79. The fraction of sp³-hybridized carbons (Fsp3) is 1.00. The van der Waals surface area contributed by atoms with Crippen LogP contribution in [0.1, 0.15) is 32.6 Å². The maximum atomic E-state index is 5.41. The van der Waals surface area contributed by atoms with E-state index < -0.39 is 0 Å². The average molecular weight is 229 g/mol. The number of ether oxygens (including phenoxy) is 1. The van der Waals surface area contributed by atoms with Crippen LogP contribution < -0.4 is 5.32 Å². The molecule has 1 N–H and O–H groups in total. The van der Waals surface area contributed by atoms with E-state index in [1.165, 1.54) is 25.7 Å². The summed E-state index contributed by atoms with van der Waals surface area (Å²) in [4.78, 5) is 0. The van der Waals surface area contributed by atoms with Gasteiger partial charge in [-0.05, 0) is 38.6 Å². The third-order valence-corrected chi connectivity index (χ3v) is 5.76. The van der Waals surface area contributed by atoms with Gasteiger partial charge >= 0.3 is 0 Å². The molecule has 0 spiro atoms. The summed E-state index contributed by atoms with van der Waals surface area (Å²) in [6, 6.07) is 0.752. The van der Waals surface area contributed by atoms with Gasteiger partial charge < -0.3 is 10.1 Å². The van der Waals surface area contributed by atoms with E-state index >= 15 is 0 Å². The van der Waals surface area contributed by atoms with Gasteiger partial charge in [0.15, 0.2) is 0 Å². The SMILES string of the molecule is CNC1CCC(SC2CCOCC2)C1C. The van der Waals surface area contributed by atoms with Gasteiger partial charge in [0, 0.05) is 29.8 Å². The summed E-state index contributed by atoms with van der Waals surface area (Å²) >= 11 is 2.24. The van der Waals surface area contributed by atoms with Crippen molar-refractivity contribution in [2.75, 3.05) is 20.3 Å². The van der Waals surface area contributed by atoms with Crippen molar-refractivity contribution in [3.05, 3.63) is 0 Å². The topological polar surface area (TPSA) is 21.3 Å². The molecular formula is C12H23NOS. The highest BCUT2D eigenvalue weighted by atomic mass is 32.2. The molecule has 2 aliphatic rings. The van der Waals surface area contributed by atoms with Crippen LogP contribution in [-0.2, 0) is 4.74 Å². The lowest BCUT2D eigenvalue weighted by Crippen LogP contribution is -2.31. The Morgan fingerprint density at radius 1 is 1.13 bits per heavy atom. The van der Waals surface area contributed by atoms with E-state index in [9.17, 15) is 0 Å². The lowest BCUT2D eigenvalue weighted by molar-refractivity contribution is 0.0999. The molecule has 0 radical (unpaired) electrons. The molecule has 3 unspecified atom stereocenters. The molecule has 2 fully saturated rings. The summed E-state index contributed by atoms with van der Waals surface area (Å²) < 4.78 is 5.41. The van der Waals surface area contributed by atoms with Crippen LogP contribution in [0, 0.1) is 5.92 Å². The van der Waals surface area contributed by atoms with Crippen molar-refractivity contribution in [2.24, 2.45) is 5.92 Å². The van der Waals surface area contributed by atoms with Crippen molar-refractivity contribution in [3.63, 3.8) is 0 Å². The van der Waals surface area contributed by atoms with Crippen molar-refractivity contribution in [1.82, 2.24) is 5.32 Å². The summed E-state index contributed by atoms with van der Waals surface area (Å²) in [6.07, 6.45) is 5.28. The molecule has 1 heterocycles. The number of hydrogen-bond donors (Lipinski definition) is 1. The van der Waals surface area contributed by atoms with Crippen LogP contribution in [0.15, 0.2) is 0 Å². The van der Waals surface area contributed by atoms with Gasteiger partial charge in [-0.15, -0.1) is 0 Å². The zero-order valence-electron chi connectivity index (χ0n) is 9.87. The molecule has 1 aliphatic carbocycles. The minimum absolute atomic E-state index is 0.752. The summed E-state index contributed by atoms with van der Waals surface area (Å²) in [5, 5.41) is 5.19. The van der Waals surface area contributed by atoms with Crippen molar-refractivity contribution < 1.29 is 4.74 Å². The first kappa shape index (κ1) is 11.7. The fourth-order valence-electron chi connectivity index (χ4n) is 2.79. The van der Waals surface area contributed by atoms with Crippen molar-refractivity contribution in [3.8, 4) is 0 Å². The second-order valence-corrected chi connectivity index (χ2v) is 6.36. The maximum absolute atomic E-state index is 5.41. The first-order valence-electron chi connectivity index (χ1n) is 6.21. The molecule has 0 bridgehead atoms. The molecular weight excluding hydrogens is 206 g/mol. The maximum Gasteiger partial charge on any atom is 0.0476 e. The molecule has 2 nitrogen and oxygen atoms in total. The van der Waals surface area contributed by atoms with Gasteiger partial charge in [-0.25, -0.2) is 0 Å². The van der Waals surface area contributed by atoms with Gasteiger partial charge in [-0.1, -0.05) is 6.92 Å². The van der Waals surface area contributed by atoms with E-state index in [1.54, 1.807) is 0 Å². The number of nitrogens with one attached hydrogen (secondary N) is 1. The Kier molecular flexibility index (Phi) is 4.35. The van der Waals surface area contributed by atoms with E-state index in [1.807, 2.05) is 0 Å². The van der Waals surface area contributed by atoms with Gasteiger partial charge in [-0.3, -0.25) is 0 Å². The van der Waals surface area contributed by atoms with Gasteiger partial charge in [0.2, 0.25) is 0 Å². The molecule has 2 rings (SSSR count). The second kappa shape index (κ2) is 5.55. The molecule has 15 heavy (non-hydrogen) atoms. The van der Waals surface area contributed by atoms with Crippen molar-refractivity contribution >= 4 is 11.8 Å². The zero-order chi connectivity index (χ0) is 10.7. The molecule has 1 saturated heterocycles. The molecule has 0 amide bonds. The highest BCUT2D eigenvalue weighted by molar-refractivity contribution is 8.00. The summed E-state index contributed by atoms with van der Waals surface area (Å²) in [5.74, 6) is 0.836. The van der Waals surface area contributed by atoms with Gasteiger partial charge in [0.05, 0.1) is 0 Å². The molecule has 0 aromatic carbocycles. The minimum atomic E-state index is 0.752. The van der Waals surface area contributed by atoms with Crippen LogP contribution in [0.25, 0.3) is 0 Å². The van der Waals surface area contributed by atoms with Crippen LogP contribution >= 0.6 is 11.8 Å². The van der Waals surface area contributed by atoms with E-state index in [4.69, 9.17) is 4.74 Å². The van der Waals surface area contributed by atoms with Gasteiger partial charge in [0.25, 0.3) is 0 Å². The Labute approximate surface area is 97.5 Å². The second-order valence-electron chi connectivity index (χ2n) is 4.82. The van der Waals surface area contributed by atoms with E-state index in [0.717, 1.165) is 35.7 Å². The lowest BCUT2D eigenvalue weighted by atomic mass is 10.1. The zero-order valence-corrected chi connectivity index (χ0v) is 10.7. The highest BCUT2D eigenvalue weighted by Gasteiger charge is 2.33. The number of hydrogen-bond acceptors (Lipinski definition) is 3. The molecule has 0 aromatic rings. The Morgan fingerprint density at radius 2 is 1.87 bits per heavy atom. The molecule has 1 saturated carbocycles. The quantitative estimate of drug-likeness (QED) is 0.802. The predicted octanol–water partition coefficient (Wildman–Crippen LogP) is 2.29. The smallest absolute Gasteiger partial charge is 0.0476 e. The van der Waals surface area contributed by atoms with Crippen LogP contribution in [-0.4, -0.2) is 36.8 Å². The largest absolute Gasteiger partial charge is 0.381 e. The molecule has 0 aromatic heterocycles. The highest BCUT2D eigenvalue weighted by Crippen LogP contribution is 2.39. The number of thioether (sulfide) groups is 1. The van der Waals surface area contributed by atoms with Gasteiger partial charge in [0.1, 0.15) is 0 Å². The summed E-state index contributed by atoms with van der Waals surface area (Å²) in [7, 11) is 2.10. The number of rotatable bonds is 3. The minimum Gasteiger partial charge on any atom is -0.381 e. The average Bonchev–Trinajstić information content (AvgIpc) is 2.62. The van der Waals surface area contributed by atoms with E-state index in [0.29, 0.717) is 0 Å². The predicted molar refractivity (Wildman–Crippen MR) is 66.5 cm³/mol. The van der Waals surface area contributed by atoms with Crippen molar-refractivity contribution in [1.29, 1.82) is 0 Å². The Hall–Kier alpha value is 0.270. The van der Waals surface area contributed by atoms with Gasteiger partial charge in [-0.2, -0.15) is 11.8 Å². The first-order valence-corrected chi connectivity index (χ1v) is 7.16. The van der Waals surface area contributed by atoms with Crippen LogP contribution in [0.3, 0.4) is 0 Å². The van der Waals surface area contributed by atoms with Crippen molar-refractivity contribution in [2.45, 2.75) is 49.1 Å². The Morgan fingerprint density at radius 3 is 2.47 bits per heavy atom. The van der Waals surface area contributed by atoms with E-state index in [-0.39, 0.29) is 0 Å². The summed E-state index contributed by atoms with van der Waals surface area (Å²) in [6.45, 7) is 4.37. The van der Waals surface area contributed by atoms with E-state index in [2.05, 4.69) is 31.1 Å². The molecule has 1 aliphatic heterocycles. The summed E-state index contributed by atoms with van der Waals surface area (Å²) in [5.41, 5.74) is 0. The van der Waals surface area contributed by atoms with Crippen LogP contribution in [0.2, 0.25) is 0 Å². The Bertz CT molecular complexity index is 194.